The third-order valence-electron chi connectivity index (χ3n) is 5.55. The molecule has 0 radical (unpaired) electrons. The van der Waals surface area contributed by atoms with Crippen LogP contribution in [-0.2, 0) is 17.7 Å². The number of carbonyl (C=O) groups excluding carboxylic acids is 2. The molecule has 32 heavy (non-hydrogen) atoms. The van der Waals surface area contributed by atoms with Crippen LogP contribution in [0.2, 0.25) is 5.02 Å². The summed E-state index contributed by atoms with van der Waals surface area (Å²) in [6.07, 6.45) is 0.426. The van der Waals surface area contributed by atoms with Crippen molar-refractivity contribution in [2.45, 2.75) is 19.0 Å². The number of thiophene rings is 1. The number of ether oxygens (including phenoxy) is 1. The fraction of sp³-hybridized carbons (Fsp3) is 0.250. The Morgan fingerprint density at radius 2 is 2.00 bits per heavy atom. The highest BCUT2D eigenvalue weighted by atomic mass is 35.5. The monoisotopic (exact) mass is 469 g/mol. The van der Waals surface area contributed by atoms with Gasteiger partial charge in [-0.1, -0.05) is 29.8 Å². The van der Waals surface area contributed by atoms with Gasteiger partial charge in [0.1, 0.15) is 0 Å². The maximum absolute atomic E-state index is 12.9. The maximum atomic E-state index is 12.9. The highest BCUT2D eigenvalue weighted by Crippen LogP contribution is 2.30. The number of nitrogens with one attached hydrogen (secondary N) is 2. The van der Waals surface area contributed by atoms with Crippen LogP contribution >= 0.6 is 22.9 Å². The van der Waals surface area contributed by atoms with Gasteiger partial charge in [-0.25, -0.2) is 4.79 Å². The van der Waals surface area contributed by atoms with Crippen LogP contribution < -0.4 is 10.6 Å². The van der Waals surface area contributed by atoms with Gasteiger partial charge in [-0.3, -0.25) is 15.0 Å². The molecule has 0 aliphatic carbocycles. The number of fused-ring (bicyclic) bond motifs is 1. The van der Waals surface area contributed by atoms with Gasteiger partial charge >= 0.3 is 6.09 Å². The van der Waals surface area contributed by atoms with Crippen molar-refractivity contribution in [3.8, 4) is 0 Å². The summed E-state index contributed by atoms with van der Waals surface area (Å²) in [5, 5.41) is 8.47. The Kier molecular flexibility index (Phi) is 7.09. The first-order chi connectivity index (χ1) is 15.5. The third-order valence-corrected chi connectivity index (χ3v) is 6.82. The van der Waals surface area contributed by atoms with E-state index in [0.717, 1.165) is 25.1 Å². The van der Waals surface area contributed by atoms with E-state index < -0.39 is 6.09 Å². The fourth-order valence-electron chi connectivity index (χ4n) is 3.88. The zero-order valence-corrected chi connectivity index (χ0v) is 19.2. The van der Waals surface area contributed by atoms with Crippen LogP contribution in [0.25, 0.3) is 0 Å². The predicted octanol–water partition coefficient (Wildman–Crippen LogP) is 5.11. The summed E-state index contributed by atoms with van der Waals surface area (Å²) in [5.74, 6) is -0.203. The second-order valence-corrected chi connectivity index (χ2v) is 9.00. The Balaban J connectivity index is 1.49. The average molecular weight is 470 g/mol. The lowest BCUT2D eigenvalue weighted by Gasteiger charge is -2.35. The van der Waals surface area contributed by atoms with Crippen LogP contribution in [0.4, 0.5) is 10.5 Å². The molecule has 8 heteroatoms. The molecule has 0 bridgehead atoms. The normalized spacial score (nSPS) is 14.3. The number of benzene rings is 2. The largest absolute Gasteiger partial charge is 0.453 e. The lowest BCUT2D eigenvalue weighted by molar-refractivity contribution is 0.0928. The van der Waals surface area contributed by atoms with Crippen molar-refractivity contribution in [3.63, 3.8) is 0 Å². The van der Waals surface area contributed by atoms with Gasteiger partial charge in [0.25, 0.3) is 5.91 Å². The summed E-state index contributed by atoms with van der Waals surface area (Å²) >= 11 is 7.91. The lowest BCUT2D eigenvalue weighted by atomic mass is 10.0. The third kappa shape index (κ3) is 5.30. The first-order valence-corrected chi connectivity index (χ1v) is 11.6. The highest BCUT2D eigenvalue weighted by molar-refractivity contribution is 7.10. The Morgan fingerprint density at radius 3 is 2.78 bits per heavy atom. The molecular weight excluding hydrogens is 446 g/mol. The maximum Gasteiger partial charge on any atom is 0.411 e. The molecule has 2 N–H and O–H groups in total. The van der Waals surface area contributed by atoms with Gasteiger partial charge in [0.05, 0.1) is 13.2 Å². The Bertz CT molecular complexity index is 1100. The summed E-state index contributed by atoms with van der Waals surface area (Å²) in [6.45, 7) is 2.23. The van der Waals surface area contributed by atoms with E-state index in [9.17, 15) is 9.59 Å². The van der Waals surface area contributed by atoms with Crippen molar-refractivity contribution < 1.29 is 14.3 Å². The summed E-state index contributed by atoms with van der Waals surface area (Å²) in [4.78, 5) is 28.2. The van der Waals surface area contributed by atoms with E-state index in [0.29, 0.717) is 22.8 Å². The fourth-order valence-corrected chi connectivity index (χ4v) is 4.89. The van der Waals surface area contributed by atoms with Crippen molar-refractivity contribution >= 4 is 40.6 Å². The molecule has 0 fully saturated rings. The van der Waals surface area contributed by atoms with Crippen molar-refractivity contribution in [2.75, 3.05) is 25.5 Å². The number of nitrogens with zero attached hydrogens (tertiary/aromatic N) is 1. The summed E-state index contributed by atoms with van der Waals surface area (Å²) in [5.41, 5.74) is 3.43. The van der Waals surface area contributed by atoms with Crippen LogP contribution in [0.1, 0.15) is 32.4 Å². The Hall–Kier alpha value is -2.87. The molecule has 4 rings (SSSR count). The van der Waals surface area contributed by atoms with Crippen molar-refractivity contribution in [1.82, 2.24) is 10.2 Å². The topological polar surface area (TPSA) is 70.7 Å². The summed E-state index contributed by atoms with van der Waals surface area (Å²) in [7, 11) is 1.29. The zero-order chi connectivity index (χ0) is 22.5. The number of rotatable bonds is 6. The summed E-state index contributed by atoms with van der Waals surface area (Å²) < 4.78 is 4.61. The number of amides is 2. The molecule has 1 aliphatic heterocycles. The molecule has 1 atom stereocenters. The summed E-state index contributed by atoms with van der Waals surface area (Å²) in [6, 6.07) is 16.8. The van der Waals surface area contributed by atoms with Crippen molar-refractivity contribution in [2.24, 2.45) is 0 Å². The first-order valence-electron chi connectivity index (χ1n) is 10.3. The van der Waals surface area contributed by atoms with Gasteiger partial charge in [0.2, 0.25) is 0 Å². The van der Waals surface area contributed by atoms with Crippen molar-refractivity contribution in [3.05, 3.63) is 86.6 Å². The molecular formula is C24H24ClN3O3S. The average Bonchev–Trinajstić information content (AvgIpc) is 3.28. The quantitative estimate of drug-likeness (QED) is 0.526. The standard InChI is InChI=1S/C24H24ClN3O3S/c1-31-24(30)27-20-4-2-3-17(13-20)23(29)26-14-21(16-5-7-19(25)8-6-16)28-11-9-22-18(15-28)10-12-32-22/h2-8,10,12-13,21H,9,11,14-15H2,1H3,(H,26,29)(H,27,30). The Morgan fingerprint density at radius 1 is 1.19 bits per heavy atom. The lowest BCUT2D eigenvalue weighted by Crippen LogP contribution is -2.40. The molecule has 3 aromatic rings. The number of hydrogen-bond donors (Lipinski definition) is 2. The second kappa shape index (κ2) is 10.2. The number of carbonyl (C=O) groups is 2. The number of anilines is 1. The van der Waals surface area contributed by atoms with Gasteiger partial charge in [0, 0.05) is 40.8 Å². The van der Waals surface area contributed by atoms with Crippen molar-refractivity contribution in [1.29, 1.82) is 0 Å². The van der Waals surface area contributed by atoms with Gasteiger partial charge in [-0.2, -0.15) is 0 Å². The van der Waals surface area contributed by atoms with Gasteiger partial charge in [0.15, 0.2) is 0 Å². The first kappa shape index (κ1) is 22.3. The molecule has 1 aliphatic rings. The molecule has 0 spiro atoms. The van der Waals surface area contributed by atoms with E-state index in [-0.39, 0.29) is 11.9 Å². The smallest absolute Gasteiger partial charge is 0.411 e. The van der Waals surface area contributed by atoms with E-state index in [1.54, 1.807) is 35.6 Å². The minimum Gasteiger partial charge on any atom is -0.453 e. The molecule has 2 amide bonds. The molecule has 0 saturated heterocycles. The van der Waals surface area contributed by atoms with E-state index in [1.165, 1.54) is 17.6 Å². The molecule has 166 valence electrons. The molecule has 0 saturated carbocycles. The number of hydrogen-bond acceptors (Lipinski definition) is 5. The van der Waals surface area contributed by atoms with Crippen LogP contribution in [0.5, 0.6) is 0 Å². The minimum absolute atomic E-state index is 0.0145. The Labute approximate surface area is 196 Å². The van der Waals surface area contributed by atoms with Gasteiger partial charge in [-0.15, -0.1) is 11.3 Å². The van der Waals surface area contributed by atoms with Crippen LogP contribution in [-0.4, -0.2) is 37.1 Å². The van der Waals surface area contributed by atoms with Crippen LogP contribution in [0, 0.1) is 0 Å². The molecule has 1 unspecified atom stereocenters. The highest BCUT2D eigenvalue weighted by Gasteiger charge is 2.26. The SMILES string of the molecule is COC(=O)Nc1cccc(C(=O)NCC(c2ccc(Cl)cc2)N2CCc3sccc3C2)c1. The van der Waals surface area contributed by atoms with E-state index in [1.807, 2.05) is 24.3 Å². The van der Waals surface area contributed by atoms with Gasteiger partial charge < -0.3 is 10.1 Å². The molecule has 2 heterocycles. The van der Waals surface area contributed by atoms with Crippen LogP contribution in [0.15, 0.2) is 60.0 Å². The molecule has 6 nitrogen and oxygen atoms in total. The molecule has 2 aromatic carbocycles. The zero-order valence-electron chi connectivity index (χ0n) is 17.6. The van der Waals surface area contributed by atoms with Crippen LogP contribution in [0.3, 0.4) is 0 Å². The van der Waals surface area contributed by atoms with E-state index in [4.69, 9.17) is 11.6 Å². The number of methoxy groups -OCH3 is 1. The number of halogens is 1. The molecule has 1 aromatic heterocycles. The van der Waals surface area contributed by atoms with Gasteiger partial charge in [-0.05, 0) is 59.3 Å². The minimum atomic E-state index is -0.580. The van der Waals surface area contributed by atoms with E-state index in [2.05, 4.69) is 31.7 Å². The predicted molar refractivity (Wildman–Crippen MR) is 127 cm³/mol. The van der Waals surface area contributed by atoms with E-state index >= 15 is 0 Å². The second-order valence-electron chi connectivity index (χ2n) is 7.56.